The fourth-order valence-electron chi connectivity index (χ4n) is 2.90. The van der Waals surface area contributed by atoms with E-state index in [9.17, 15) is 9.90 Å². The van der Waals surface area contributed by atoms with Gasteiger partial charge in [0, 0.05) is 18.3 Å². The Kier molecular flexibility index (Phi) is 3.38. The van der Waals surface area contributed by atoms with E-state index >= 15 is 0 Å². The molecule has 1 aliphatic heterocycles. The molecular weight excluding hydrogens is 242 g/mol. The van der Waals surface area contributed by atoms with Gasteiger partial charge in [-0.05, 0) is 31.7 Å². The molecular formula is C14H19N3O2. The van der Waals surface area contributed by atoms with Gasteiger partial charge in [0.05, 0.1) is 24.9 Å². The molecule has 102 valence electrons. The van der Waals surface area contributed by atoms with Gasteiger partial charge in [0.25, 0.3) is 0 Å². The fraction of sp³-hybridized carbons (Fsp3) is 0.571. The Balaban J connectivity index is 1.86. The Labute approximate surface area is 112 Å². The highest BCUT2D eigenvalue weighted by Crippen LogP contribution is 2.24. The van der Waals surface area contributed by atoms with E-state index < -0.39 is 0 Å². The SMILES string of the molecule is O=C(C1=CCCC1)N1Cc2ccnn2CCC1CO. The lowest BCUT2D eigenvalue weighted by molar-refractivity contribution is -0.131. The molecule has 0 radical (unpaired) electrons. The molecule has 2 aliphatic rings. The number of hydrogen-bond donors (Lipinski definition) is 1. The molecule has 1 amide bonds. The summed E-state index contributed by atoms with van der Waals surface area (Å²) < 4.78 is 1.93. The second kappa shape index (κ2) is 5.17. The van der Waals surface area contributed by atoms with Gasteiger partial charge in [-0.3, -0.25) is 9.48 Å². The lowest BCUT2D eigenvalue weighted by Gasteiger charge is -2.28. The van der Waals surface area contributed by atoms with E-state index in [4.69, 9.17) is 0 Å². The van der Waals surface area contributed by atoms with E-state index in [2.05, 4.69) is 5.10 Å². The molecule has 1 unspecified atom stereocenters. The molecule has 19 heavy (non-hydrogen) atoms. The van der Waals surface area contributed by atoms with Crippen molar-refractivity contribution in [1.29, 1.82) is 0 Å². The van der Waals surface area contributed by atoms with Crippen LogP contribution in [0.1, 0.15) is 31.4 Å². The quantitative estimate of drug-likeness (QED) is 0.867. The molecule has 0 fully saturated rings. The van der Waals surface area contributed by atoms with Crippen LogP contribution in [0.4, 0.5) is 0 Å². The van der Waals surface area contributed by atoms with E-state index in [1.165, 1.54) is 0 Å². The van der Waals surface area contributed by atoms with Crippen LogP contribution in [0, 0.1) is 0 Å². The smallest absolute Gasteiger partial charge is 0.250 e. The van der Waals surface area contributed by atoms with E-state index in [1.54, 1.807) is 6.20 Å². The average Bonchev–Trinajstić information content (AvgIpc) is 3.06. The van der Waals surface area contributed by atoms with Crippen molar-refractivity contribution in [3.05, 3.63) is 29.6 Å². The number of carbonyl (C=O) groups is 1. The first-order valence-corrected chi connectivity index (χ1v) is 6.91. The third-order valence-electron chi connectivity index (χ3n) is 4.04. The van der Waals surface area contributed by atoms with Crippen LogP contribution in [-0.2, 0) is 17.9 Å². The van der Waals surface area contributed by atoms with Gasteiger partial charge in [0.15, 0.2) is 0 Å². The first-order chi connectivity index (χ1) is 9.29. The number of carbonyl (C=O) groups excluding carboxylic acids is 1. The number of aryl methyl sites for hydroxylation is 1. The normalized spacial score (nSPS) is 22.9. The highest BCUT2D eigenvalue weighted by Gasteiger charge is 2.29. The van der Waals surface area contributed by atoms with E-state index in [0.717, 1.165) is 43.5 Å². The summed E-state index contributed by atoms with van der Waals surface area (Å²) >= 11 is 0. The number of amides is 1. The van der Waals surface area contributed by atoms with Crippen LogP contribution in [0.3, 0.4) is 0 Å². The van der Waals surface area contributed by atoms with Crippen molar-refractivity contribution >= 4 is 5.91 Å². The number of rotatable bonds is 2. The standard InChI is InChI=1S/C14H19N3O2/c18-10-13-6-8-17-12(5-7-15-17)9-16(13)14(19)11-3-1-2-4-11/h3,5,7,13,18H,1-2,4,6,8-10H2. The maximum Gasteiger partial charge on any atom is 0.250 e. The summed E-state index contributed by atoms with van der Waals surface area (Å²) in [5.74, 6) is 0.0891. The van der Waals surface area contributed by atoms with Gasteiger partial charge in [0.1, 0.15) is 0 Å². The Morgan fingerprint density at radius 1 is 1.53 bits per heavy atom. The topological polar surface area (TPSA) is 58.4 Å². The minimum atomic E-state index is -0.101. The highest BCUT2D eigenvalue weighted by atomic mass is 16.3. The first-order valence-electron chi connectivity index (χ1n) is 6.91. The van der Waals surface area contributed by atoms with Crippen molar-refractivity contribution in [2.45, 2.75) is 44.8 Å². The molecule has 3 rings (SSSR count). The van der Waals surface area contributed by atoms with Gasteiger partial charge < -0.3 is 10.0 Å². The molecule has 0 spiro atoms. The zero-order valence-corrected chi connectivity index (χ0v) is 11.0. The molecule has 0 bridgehead atoms. The highest BCUT2D eigenvalue weighted by molar-refractivity contribution is 5.94. The summed E-state index contributed by atoms with van der Waals surface area (Å²) in [6.45, 7) is 1.32. The number of aromatic nitrogens is 2. The average molecular weight is 261 g/mol. The monoisotopic (exact) mass is 261 g/mol. The maximum absolute atomic E-state index is 12.6. The first kappa shape index (κ1) is 12.4. The second-order valence-corrected chi connectivity index (χ2v) is 5.23. The molecule has 1 aliphatic carbocycles. The van der Waals surface area contributed by atoms with Gasteiger partial charge in [-0.2, -0.15) is 5.10 Å². The van der Waals surface area contributed by atoms with Crippen LogP contribution in [0.25, 0.3) is 0 Å². The van der Waals surface area contributed by atoms with Gasteiger partial charge >= 0.3 is 0 Å². The van der Waals surface area contributed by atoms with Crippen LogP contribution < -0.4 is 0 Å². The van der Waals surface area contributed by atoms with E-state index in [1.807, 2.05) is 21.7 Å². The van der Waals surface area contributed by atoms with Crippen molar-refractivity contribution in [2.24, 2.45) is 0 Å². The molecule has 0 saturated carbocycles. The van der Waals surface area contributed by atoms with Crippen molar-refractivity contribution < 1.29 is 9.90 Å². The van der Waals surface area contributed by atoms with Crippen molar-refractivity contribution in [2.75, 3.05) is 6.61 Å². The number of aliphatic hydroxyl groups is 1. The molecule has 0 saturated heterocycles. The number of nitrogens with zero attached hydrogens (tertiary/aromatic N) is 3. The Morgan fingerprint density at radius 3 is 3.16 bits per heavy atom. The Morgan fingerprint density at radius 2 is 2.42 bits per heavy atom. The van der Waals surface area contributed by atoms with Crippen LogP contribution in [0.2, 0.25) is 0 Å². The Bertz CT molecular complexity index is 507. The molecule has 5 heteroatoms. The summed E-state index contributed by atoms with van der Waals surface area (Å²) in [4.78, 5) is 14.4. The predicted octanol–water partition coefficient (Wildman–Crippen LogP) is 1.09. The number of fused-ring (bicyclic) bond motifs is 1. The third-order valence-corrected chi connectivity index (χ3v) is 4.04. The molecule has 1 aromatic rings. The molecule has 2 heterocycles. The predicted molar refractivity (Wildman–Crippen MR) is 70.2 cm³/mol. The van der Waals surface area contributed by atoms with Gasteiger partial charge in [0.2, 0.25) is 5.91 Å². The fourth-order valence-corrected chi connectivity index (χ4v) is 2.90. The van der Waals surface area contributed by atoms with Gasteiger partial charge in [-0.15, -0.1) is 0 Å². The molecule has 0 aromatic carbocycles. The molecule has 1 N–H and O–H groups in total. The van der Waals surface area contributed by atoms with Crippen molar-refractivity contribution in [3.63, 3.8) is 0 Å². The summed E-state index contributed by atoms with van der Waals surface area (Å²) in [5.41, 5.74) is 1.95. The van der Waals surface area contributed by atoms with Gasteiger partial charge in [-0.25, -0.2) is 0 Å². The lowest BCUT2D eigenvalue weighted by atomic mass is 10.1. The van der Waals surface area contributed by atoms with Crippen molar-refractivity contribution in [3.8, 4) is 0 Å². The minimum absolute atomic E-state index is 0.0177. The van der Waals surface area contributed by atoms with Crippen LogP contribution in [0.15, 0.2) is 23.9 Å². The number of allylic oxidation sites excluding steroid dienone is 1. The molecule has 1 aromatic heterocycles. The zero-order valence-electron chi connectivity index (χ0n) is 11.0. The summed E-state index contributed by atoms with van der Waals surface area (Å²) in [6.07, 6.45) is 7.50. The summed E-state index contributed by atoms with van der Waals surface area (Å²) in [7, 11) is 0. The summed E-state index contributed by atoms with van der Waals surface area (Å²) in [6, 6.07) is 1.85. The third kappa shape index (κ3) is 2.30. The van der Waals surface area contributed by atoms with Gasteiger partial charge in [-0.1, -0.05) is 6.08 Å². The zero-order chi connectivity index (χ0) is 13.2. The van der Waals surface area contributed by atoms with Crippen LogP contribution >= 0.6 is 0 Å². The van der Waals surface area contributed by atoms with E-state index in [0.29, 0.717) is 6.54 Å². The molecule has 5 nitrogen and oxygen atoms in total. The Hall–Kier alpha value is -1.62. The lowest BCUT2D eigenvalue weighted by Crippen LogP contribution is -2.41. The van der Waals surface area contributed by atoms with Crippen molar-refractivity contribution in [1.82, 2.24) is 14.7 Å². The molecule has 1 atom stereocenters. The number of hydrogen-bond acceptors (Lipinski definition) is 3. The van der Waals surface area contributed by atoms with Crippen LogP contribution in [0.5, 0.6) is 0 Å². The van der Waals surface area contributed by atoms with Crippen LogP contribution in [-0.4, -0.2) is 38.3 Å². The number of aliphatic hydroxyl groups excluding tert-OH is 1. The maximum atomic E-state index is 12.6. The largest absolute Gasteiger partial charge is 0.394 e. The second-order valence-electron chi connectivity index (χ2n) is 5.23. The summed E-state index contributed by atoms with van der Waals surface area (Å²) in [5, 5.41) is 13.8. The minimum Gasteiger partial charge on any atom is -0.394 e. The van der Waals surface area contributed by atoms with E-state index in [-0.39, 0.29) is 18.6 Å².